The maximum atomic E-state index is 12.1. The minimum absolute atomic E-state index is 0.0914. The summed E-state index contributed by atoms with van der Waals surface area (Å²) in [5, 5.41) is 17.2. The summed E-state index contributed by atoms with van der Waals surface area (Å²) in [4.78, 5) is 23.0. The molecule has 0 aromatic heterocycles. The molecule has 148 valence electrons. The molecule has 1 aliphatic rings. The smallest absolute Gasteiger partial charge is 0.294 e. The van der Waals surface area contributed by atoms with Crippen molar-refractivity contribution in [1.29, 1.82) is 0 Å². The summed E-state index contributed by atoms with van der Waals surface area (Å²) in [5.74, 6) is -0.262. The zero-order valence-electron chi connectivity index (χ0n) is 15.6. The molecule has 0 saturated carbocycles. The molecule has 2 N–H and O–H groups in total. The predicted molar refractivity (Wildman–Crippen MR) is 105 cm³/mol. The summed E-state index contributed by atoms with van der Waals surface area (Å²) in [5.41, 5.74) is 1.41. The lowest BCUT2D eigenvalue weighted by atomic mass is 10.00. The molecule has 2 aromatic carbocycles. The van der Waals surface area contributed by atoms with Crippen LogP contribution in [0.3, 0.4) is 0 Å². The summed E-state index contributed by atoms with van der Waals surface area (Å²) in [6.07, 6.45) is 0.163. The van der Waals surface area contributed by atoms with Gasteiger partial charge in [-0.3, -0.25) is 14.9 Å². The van der Waals surface area contributed by atoms with Crippen molar-refractivity contribution in [2.45, 2.75) is 25.5 Å². The van der Waals surface area contributed by atoms with Crippen molar-refractivity contribution >= 4 is 23.0 Å². The molecule has 1 aliphatic heterocycles. The summed E-state index contributed by atoms with van der Waals surface area (Å²) in [7, 11) is 0. The fraction of sp³-hybridized carbons (Fsp3) is 0.350. The molecule has 0 spiro atoms. The Hall–Kier alpha value is -2.97. The largest absolute Gasteiger partial charge is 0.376 e. The molecule has 1 heterocycles. The molecule has 8 heteroatoms. The first-order valence-electron chi connectivity index (χ1n) is 9.01. The van der Waals surface area contributed by atoms with E-state index in [4.69, 9.17) is 9.47 Å². The zero-order chi connectivity index (χ0) is 20.0. The highest BCUT2D eigenvalue weighted by molar-refractivity contribution is 5.91. The van der Waals surface area contributed by atoms with Gasteiger partial charge in [-0.2, -0.15) is 0 Å². The number of hydrogen-bond acceptors (Lipinski definition) is 6. The van der Waals surface area contributed by atoms with Gasteiger partial charge < -0.3 is 20.1 Å². The van der Waals surface area contributed by atoms with Crippen molar-refractivity contribution in [2.75, 3.05) is 30.5 Å². The number of carbonyl (C=O) groups excluding carboxylic acids is 1. The van der Waals surface area contributed by atoms with E-state index >= 15 is 0 Å². The maximum Gasteiger partial charge on any atom is 0.294 e. The molecule has 0 aliphatic carbocycles. The summed E-state index contributed by atoms with van der Waals surface area (Å²) < 4.78 is 10.7. The third kappa shape index (κ3) is 5.28. The van der Waals surface area contributed by atoms with Crippen LogP contribution >= 0.6 is 0 Å². The van der Waals surface area contributed by atoms with Crippen LogP contribution in [-0.2, 0) is 20.9 Å². The first kappa shape index (κ1) is 19.8. The van der Waals surface area contributed by atoms with Gasteiger partial charge in [-0.15, -0.1) is 0 Å². The quantitative estimate of drug-likeness (QED) is 0.390. The van der Waals surface area contributed by atoms with E-state index < -0.39 is 4.92 Å². The molecule has 0 bridgehead atoms. The minimum atomic E-state index is -0.468. The molecule has 0 radical (unpaired) electrons. The Morgan fingerprint density at radius 1 is 1.25 bits per heavy atom. The number of anilines is 2. The van der Waals surface area contributed by atoms with Crippen molar-refractivity contribution in [3.8, 4) is 0 Å². The number of rotatable bonds is 9. The molecule has 1 saturated heterocycles. The Balaban J connectivity index is 1.52. The normalized spacial score (nSPS) is 14.8. The van der Waals surface area contributed by atoms with E-state index in [2.05, 4.69) is 10.6 Å². The van der Waals surface area contributed by atoms with Gasteiger partial charge in [-0.05, 0) is 24.6 Å². The van der Waals surface area contributed by atoms with Crippen molar-refractivity contribution in [3.63, 3.8) is 0 Å². The molecule has 1 amide bonds. The van der Waals surface area contributed by atoms with Crippen molar-refractivity contribution < 1.29 is 19.2 Å². The van der Waals surface area contributed by atoms with Gasteiger partial charge in [0.2, 0.25) is 5.91 Å². The Labute approximate surface area is 163 Å². The van der Waals surface area contributed by atoms with Crippen molar-refractivity contribution in [3.05, 3.63) is 64.2 Å². The molecule has 0 atom stereocenters. The molecule has 28 heavy (non-hydrogen) atoms. The standard InChI is InChI=1S/C20H23N3O5/c1-20(13-28-14-20)22-17-8-7-16(11-18(17)23(25)26)21-19(24)9-10-27-12-15-5-3-2-4-6-15/h2-8,11,22H,9-10,12-14H2,1H3,(H,21,24). The molecule has 2 aromatic rings. The van der Waals surface area contributed by atoms with E-state index in [0.29, 0.717) is 31.2 Å². The van der Waals surface area contributed by atoms with Crippen LogP contribution in [0, 0.1) is 10.1 Å². The number of ether oxygens (including phenoxy) is 2. The highest BCUT2D eigenvalue weighted by Crippen LogP contribution is 2.32. The van der Waals surface area contributed by atoms with Gasteiger partial charge in [-0.1, -0.05) is 30.3 Å². The van der Waals surface area contributed by atoms with Gasteiger partial charge in [0.05, 0.1) is 43.3 Å². The molecule has 0 unspecified atom stereocenters. The number of hydrogen-bond donors (Lipinski definition) is 2. The lowest BCUT2D eigenvalue weighted by Crippen LogP contribution is -2.53. The summed E-state index contributed by atoms with van der Waals surface area (Å²) in [6, 6.07) is 14.3. The summed E-state index contributed by atoms with van der Waals surface area (Å²) in [6.45, 7) is 3.62. The lowest BCUT2D eigenvalue weighted by molar-refractivity contribution is -0.384. The topological polar surface area (TPSA) is 103 Å². The molecule has 8 nitrogen and oxygen atoms in total. The van der Waals surface area contributed by atoms with E-state index in [1.165, 1.54) is 6.07 Å². The van der Waals surface area contributed by atoms with Gasteiger partial charge in [0.15, 0.2) is 0 Å². The maximum absolute atomic E-state index is 12.1. The van der Waals surface area contributed by atoms with E-state index in [1.807, 2.05) is 37.3 Å². The average Bonchev–Trinajstić information content (AvgIpc) is 2.66. The van der Waals surface area contributed by atoms with Crippen molar-refractivity contribution in [2.24, 2.45) is 0 Å². The zero-order valence-corrected chi connectivity index (χ0v) is 15.6. The fourth-order valence-electron chi connectivity index (χ4n) is 2.82. The Bertz CT molecular complexity index is 837. The van der Waals surface area contributed by atoms with Crippen molar-refractivity contribution in [1.82, 2.24) is 0 Å². The van der Waals surface area contributed by atoms with Gasteiger partial charge in [0.1, 0.15) is 5.69 Å². The number of carbonyl (C=O) groups is 1. The van der Waals surface area contributed by atoms with Crippen LogP contribution in [0.2, 0.25) is 0 Å². The van der Waals surface area contributed by atoms with Crippen LogP contribution < -0.4 is 10.6 Å². The molecule has 1 fully saturated rings. The predicted octanol–water partition coefficient (Wildman–Crippen LogP) is 3.34. The van der Waals surface area contributed by atoms with Gasteiger partial charge in [0, 0.05) is 11.8 Å². The van der Waals surface area contributed by atoms with Crippen LogP contribution in [0.1, 0.15) is 18.9 Å². The first-order chi connectivity index (χ1) is 13.5. The van der Waals surface area contributed by atoms with Crippen LogP contribution in [0.25, 0.3) is 0 Å². The lowest BCUT2D eigenvalue weighted by Gasteiger charge is -2.39. The Morgan fingerprint density at radius 3 is 2.64 bits per heavy atom. The number of amides is 1. The number of nitrogens with zero attached hydrogens (tertiary/aromatic N) is 1. The SMILES string of the molecule is CC1(Nc2ccc(NC(=O)CCOCc3ccccc3)cc2[N+](=O)[O-])COC1. The highest BCUT2D eigenvalue weighted by Gasteiger charge is 2.34. The fourth-order valence-corrected chi connectivity index (χ4v) is 2.82. The molecular weight excluding hydrogens is 362 g/mol. The highest BCUT2D eigenvalue weighted by atomic mass is 16.6. The summed E-state index contributed by atoms with van der Waals surface area (Å²) >= 11 is 0. The number of nitrogens with one attached hydrogen (secondary N) is 2. The molecular formula is C20H23N3O5. The monoisotopic (exact) mass is 385 g/mol. The third-order valence-electron chi connectivity index (χ3n) is 4.34. The van der Waals surface area contributed by atoms with E-state index in [-0.39, 0.29) is 30.2 Å². The van der Waals surface area contributed by atoms with Crippen LogP contribution in [0.4, 0.5) is 17.1 Å². The van der Waals surface area contributed by atoms with Crippen LogP contribution in [-0.4, -0.2) is 36.2 Å². The number of nitro benzene ring substituents is 1. The van der Waals surface area contributed by atoms with E-state index in [9.17, 15) is 14.9 Å². The van der Waals surface area contributed by atoms with Gasteiger partial charge >= 0.3 is 0 Å². The minimum Gasteiger partial charge on any atom is -0.376 e. The Kier molecular flexibility index (Phi) is 6.23. The Morgan fingerprint density at radius 2 is 2.00 bits per heavy atom. The molecule has 3 rings (SSSR count). The first-order valence-corrected chi connectivity index (χ1v) is 9.01. The van der Waals surface area contributed by atoms with Crippen LogP contribution in [0.15, 0.2) is 48.5 Å². The van der Waals surface area contributed by atoms with E-state index in [1.54, 1.807) is 12.1 Å². The van der Waals surface area contributed by atoms with Crippen LogP contribution in [0.5, 0.6) is 0 Å². The number of benzene rings is 2. The average molecular weight is 385 g/mol. The second-order valence-corrected chi connectivity index (χ2v) is 7.00. The second-order valence-electron chi connectivity index (χ2n) is 7.00. The van der Waals surface area contributed by atoms with E-state index in [0.717, 1.165) is 5.56 Å². The second kappa shape index (κ2) is 8.81. The van der Waals surface area contributed by atoms with Gasteiger partial charge in [0.25, 0.3) is 5.69 Å². The number of nitro groups is 1. The van der Waals surface area contributed by atoms with Gasteiger partial charge in [-0.25, -0.2) is 0 Å². The third-order valence-corrected chi connectivity index (χ3v) is 4.34.